The highest BCUT2D eigenvalue weighted by Crippen LogP contribution is 2.50. The van der Waals surface area contributed by atoms with E-state index in [-0.39, 0.29) is 18.6 Å². The molecule has 2 heterocycles. The van der Waals surface area contributed by atoms with E-state index in [1.807, 2.05) is 0 Å². The van der Waals surface area contributed by atoms with E-state index in [0.29, 0.717) is 0 Å². The molecule has 134 valence electrons. The molecule has 0 aromatic heterocycles. The lowest BCUT2D eigenvalue weighted by Crippen LogP contribution is -2.55. The summed E-state index contributed by atoms with van der Waals surface area (Å²) in [7, 11) is 1.40. The Bertz CT molecular complexity index is 738. The first kappa shape index (κ1) is 17.5. The number of imide groups is 1. The minimum atomic E-state index is -1.34. The third-order valence-corrected chi connectivity index (χ3v) is 5.31. The van der Waals surface area contributed by atoms with E-state index < -0.39 is 47.0 Å². The molecule has 7 heteroatoms. The molecule has 0 unspecified atom stereocenters. The summed E-state index contributed by atoms with van der Waals surface area (Å²) in [5.41, 5.74) is -1.07. The number of nitrogens with zero attached hydrogens (tertiary/aromatic N) is 1. The van der Waals surface area contributed by atoms with Crippen molar-refractivity contribution in [3.05, 3.63) is 35.6 Å². The van der Waals surface area contributed by atoms with Gasteiger partial charge < -0.3 is 4.74 Å². The first-order chi connectivity index (χ1) is 11.9. The van der Waals surface area contributed by atoms with Gasteiger partial charge in [-0.2, -0.15) is 0 Å². The molecule has 2 aliphatic heterocycles. The van der Waals surface area contributed by atoms with Gasteiger partial charge in [-0.1, -0.05) is 25.1 Å². The van der Waals surface area contributed by atoms with Crippen LogP contribution in [0, 0.1) is 17.7 Å². The fraction of sp³-hybridized carbons (Fsp3) is 0.500. The van der Waals surface area contributed by atoms with Gasteiger partial charge in [0.05, 0.1) is 18.4 Å². The van der Waals surface area contributed by atoms with Gasteiger partial charge in [-0.3, -0.25) is 24.6 Å². The van der Waals surface area contributed by atoms with Gasteiger partial charge in [-0.15, -0.1) is 0 Å². The second kappa shape index (κ2) is 6.22. The maximum atomic E-state index is 14.4. The molecule has 2 saturated heterocycles. The van der Waals surface area contributed by atoms with Gasteiger partial charge in [0.25, 0.3) is 0 Å². The number of hydrogen-bond acceptors (Lipinski definition) is 5. The van der Waals surface area contributed by atoms with Gasteiger partial charge in [0.1, 0.15) is 11.4 Å². The molecule has 1 aromatic carbocycles. The van der Waals surface area contributed by atoms with E-state index in [1.165, 1.54) is 13.1 Å². The Hall–Kier alpha value is -2.28. The SMILES string of the molecule is CCOC(=O)[C@]1(CC)N[C@H](c2ccccc2F)[C@@H]2C(=O)N(C)C(=O)[C@H]21. The number of halogens is 1. The predicted molar refractivity (Wildman–Crippen MR) is 86.7 cm³/mol. The number of amides is 2. The Kier molecular flexibility index (Phi) is 4.36. The lowest BCUT2D eigenvalue weighted by atomic mass is 9.78. The number of carbonyl (C=O) groups excluding carboxylic acids is 3. The van der Waals surface area contributed by atoms with Crippen LogP contribution in [0.25, 0.3) is 0 Å². The van der Waals surface area contributed by atoms with E-state index in [4.69, 9.17) is 4.74 Å². The van der Waals surface area contributed by atoms with Crippen LogP contribution in [0.2, 0.25) is 0 Å². The van der Waals surface area contributed by atoms with Crippen LogP contribution in [0.15, 0.2) is 24.3 Å². The predicted octanol–water partition coefficient (Wildman–Crippen LogP) is 1.41. The molecule has 0 saturated carbocycles. The van der Waals surface area contributed by atoms with Crippen molar-refractivity contribution in [2.45, 2.75) is 31.8 Å². The summed E-state index contributed by atoms with van der Waals surface area (Å²) in [6.45, 7) is 3.58. The van der Waals surface area contributed by atoms with Crippen molar-refractivity contribution in [1.82, 2.24) is 10.2 Å². The maximum absolute atomic E-state index is 14.4. The molecule has 4 atom stereocenters. The topological polar surface area (TPSA) is 75.7 Å². The van der Waals surface area contributed by atoms with Crippen molar-refractivity contribution >= 4 is 17.8 Å². The maximum Gasteiger partial charge on any atom is 0.327 e. The van der Waals surface area contributed by atoms with Gasteiger partial charge in [-0.25, -0.2) is 4.39 Å². The molecule has 0 spiro atoms. The number of likely N-dealkylation sites (tertiary alicyclic amines) is 1. The van der Waals surface area contributed by atoms with Crippen molar-refractivity contribution in [2.75, 3.05) is 13.7 Å². The average Bonchev–Trinajstić information content (AvgIpc) is 3.06. The van der Waals surface area contributed by atoms with Crippen LogP contribution in [0.1, 0.15) is 31.9 Å². The van der Waals surface area contributed by atoms with Gasteiger partial charge in [-0.05, 0) is 19.4 Å². The van der Waals surface area contributed by atoms with Crippen molar-refractivity contribution in [3.8, 4) is 0 Å². The summed E-state index contributed by atoms with van der Waals surface area (Å²) in [4.78, 5) is 39.1. The molecule has 0 bridgehead atoms. The molecule has 3 rings (SSSR count). The first-order valence-corrected chi connectivity index (χ1v) is 8.39. The lowest BCUT2D eigenvalue weighted by molar-refractivity contribution is -0.156. The molecular formula is C18H21FN2O4. The van der Waals surface area contributed by atoms with Gasteiger partial charge >= 0.3 is 5.97 Å². The third-order valence-electron chi connectivity index (χ3n) is 5.31. The zero-order chi connectivity index (χ0) is 18.4. The summed E-state index contributed by atoms with van der Waals surface area (Å²) < 4.78 is 19.5. The standard InChI is InChI=1S/C18H21FN2O4/c1-4-18(17(24)25-5-2)13-12(15(22)21(3)16(13)23)14(20-18)10-8-6-7-9-11(10)19/h6-9,12-14,20H,4-5H2,1-3H3/t12-,13+,14-,18-/m1/s1. The van der Waals surface area contributed by atoms with Crippen LogP contribution in [0.5, 0.6) is 0 Å². The molecule has 0 aliphatic carbocycles. The molecule has 1 N–H and O–H groups in total. The molecule has 2 fully saturated rings. The number of rotatable bonds is 4. The monoisotopic (exact) mass is 348 g/mol. The van der Waals surface area contributed by atoms with Crippen molar-refractivity contribution < 1.29 is 23.5 Å². The quantitative estimate of drug-likeness (QED) is 0.658. The zero-order valence-corrected chi connectivity index (χ0v) is 14.4. The average molecular weight is 348 g/mol. The minimum Gasteiger partial charge on any atom is -0.465 e. The van der Waals surface area contributed by atoms with E-state index in [2.05, 4.69) is 5.32 Å². The van der Waals surface area contributed by atoms with Gasteiger partial charge in [0.15, 0.2) is 0 Å². The van der Waals surface area contributed by atoms with E-state index in [9.17, 15) is 18.8 Å². The number of carbonyl (C=O) groups is 3. The van der Waals surface area contributed by atoms with Crippen LogP contribution < -0.4 is 5.32 Å². The number of nitrogens with one attached hydrogen (secondary N) is 1. The van der Waals surface area contributed by atoms with Crippen LogP contribution in [-0.4, -0.2) is 41.9 Å². The second-order valence-electron chi connectivity index (χ2n) is 6.43. The van der Waals surface area contributed by atoms with Gasteiger partial charge in [0, 0.05) is 18.7 Å². The minimum absolute atomic E-state index is 0.155. The summed E-state index contributed by atoms with van der Waals surface area (Å²) in [5.74, 6) is -3.64. The van der Waals surface area contributed by atoms with Crippen LogP contribution >= 0.6 is 0 Å². The van der Waals surface area contributed by atoms with Crippen molar-refractivity contribution in [3.63, 3.8) is 0 Å². The highest BCUT2D eigenvalue weighted by Gasteiger charge is 2.67. The molecule has 6 nitrogen and oxygen atoms in total. The number of esters is 1. The Morgan fingerprint density at radius 2 is 1.96 bits per heavy atom. The van der Waals surface area contributed by atoms with Crippen molar-refractivity contribution in [2.24, 2.45) is 11.8 Å². The highest BCUT2D eigenvalue weighted by molar-refractivity contribution is 6.09. The van der Waals surface area contributed by atoms with Crippen LogP contribution in [0.3, 0.4) is 0 Å². The van der Waals surface area contributed by atoms with E-state index in [0.717, 1.165) is 4.90 Å². The number of ether oxygens (including phenoxy) is 1. The normalized spacial score (nSPS) is 31.4. The van der Waals surface area contributed by atoms with Crippen molar-refractivity contribution in [1.29, 1.82) is 0 Å². The first-order valence-electron chi connectivity index (χ1n) is 8.39. The van der Waals surface area contributed by atoms with Gasteiger partial charge in [0.2, 0.25) is 11.8 Å². The number of fused-ring (bicyclic) bond motifs is 1. The number of benzene rings is 1. The Morgan fingerprint density at radius 3 is 2.56 bits per heavy atom. The van der Waals surface area contributed by atoms with Crippen LogP contribution in [0.4, 0.5) is 4.39 Å². The summed E-state index contributed by atoms with van der Waals surface area (Å²) in [5, 5.41) is 3.10. The molecule has 2 amide bonds. The largest absolute Gasteiger partial charge is 0.465 e. The summed E-state index contributed by atoms with van der Waals surface area (Å²) >= 11 is 0. The van der Waals surface area contributed by atoms with E-state index in [1.54, 1.807) is 32.0 Å². The van der Waals surface area contributed by atoms with Crippen LogP contribution in [-0.2, 0) is 19.1 Å². The zero-order valence-electron chi connectivity index (χ0n) is 14.4. The Labute approximate surface area is 145 Å². The highest BCUT2D eigenvalue weighted by atomic mass is 19.1. The fourth-order valence-electron chi connectivity index (χ4n) is 4.06. The third kappa shape index (κ3) is 2.37. The summed E-state index contributed by atoms with van der Waals surface area (Å²) in [6, 6.07) is 5.31. The summed E-state index contributed by atoms with van der Waals surface area (Å²) in [6.07, 6.45) is 0.255. The van der Waals surface area contributed by atoms with E-state index >= 15 is 0 Å². The molecule has 0 radical (unpaired) electrons. The fourth-order valence-corrected chi connectivity index (χ4v) is 4.06. The number of hydrogen-bond donors (Lipinski definition) is 1. The second-order valence-corrected chi connectivity index (χ2v) is 6.43. The molecule has 25 heavy (non-hydrogen) atoms. The smallest absolute Gasteiger partial charge is 0.327 e. The Balaban J connectivity index is 2.14. The molecule has 1 aromatic rings. The molecular weight excluding hydrogens is 327 g/mol. The lowest BCUT2D eigenvalue weighted by Gasteiger charge is -2.31. The Morgan fingerprint density at radius 1 is 1.28 bits per heavy atom. The molecule has 2 aliphatic rings.